The molecule has 7 heteroatoms. The van der Waals surface area contributed by atoms with Gasteiger partial charge in [0.2, 0.25) is 0 Å². The molecular formula is C18H19BrN2O4. The van der Waals surface area contributed by atoms with Crippen LogP contribution in [0.3, 0.4) is 0 Å². The standard InChI is InChI=1S/C18H19BrN2O4/c1-18(2,3)12-6-8-16(25-4)14(10-12)20-17(22)11-5-7-13(19)15(9-11)21(23)24/h5-10H,1-4H3,(H,20,22). The topological polar surface area (TPSA) is 81.5 Å². The third kappa shape index (κ3) is 4.36. The highest BCUT2D eigenvalue weighted by Crippen LogP contribution is 2.32. The largest absolute Gasteiger partial charge is 0.495 e. The highest BCUT2D eigenvalue weighted by Gasteiger charge is 2.19. The molecular weight excluding hydrogens is 388 g/mol. The Morgan fingerprint density at radius 3 is 2.44 bits per heavy atom. The first-order valence-electron chi connectivity index (χ1n) is 7.57. The van der Waals surface area contributed by atoms with E-state index in [1.54, 1.807) is 6.07 Å². The van der Waals surface area contributed by atoms with Gasteiger partial charge in [0.15, 0.2) is 0 Å². The van der Waals surface area contributed by atoms with Gasteiger partial charge in [0.05, 0.1) is 22.2 Å². The Labute approximate surface area is 154 Å². The maximum Gasteiger partial charge on any atom is 0.284 e. The molecule has 1 amide bonds. The zero-order valence-corrected chi connectivity index (χ0v) is 16.0. The summed E-state index contributed by atoms with van der Waals surface area (Å²) in [7, 11) is 1.52. The van der Waals surface area contributed by atoms with E-state index >= 15 is 0 Å². The Morgan fingerprint density at radius 2 is 1.88 bits per heavy atom. The number of rotatable bonds is 4. The summed E-state index contributed by atoms with van der Waals surface area (Å²) < 4.78 is 5.62. The summed E-state index contributed by atoms with van der Waals surface area (Å²) in [6.07, 6.45) is 0. The Bertz CT molecular complexity index is 828. The van der Waals surface area contributed by atoms with Gasteiger partial charge in [-0.3, -0.25) is 14.9 Å². The van der Waals surface area contributed by atoms with E-state index in [-0.39, 0.29) is 16.7 Å². The van der Waals surface area contributed by atoms with E-state index in [0.29, 0.717) is 15.9 Å². The fourth-order valence-corrected chi connectivity index (χ4v) is 2.65. The van der Waals surface area contributed by atoms with Crippen molar-refractivity contribution in [1.82, 2.24) is 0 Å². The molecule has 1 N–H and O–H groups in total. The number of halogens is 1. The molecule has 0 saturated heterocycles. The van der Waals surface area contributed by atoms with Crippen molar-refractivity contribution in [1.29, 1.82) is 0 Å². The first-order valence-corrected chi connectivity index (χ1v) is 8.36. The number of nitrogens with zero attached hydrogens (tertiary/aromatic N) is 1. The van der Waals surface area contributed by atoms with Crippen molar-refractivity contribution >= 4 is 33.2 Å². The molecule has 0 heterocycles. The number of amides is 1. The van der Waals surface area contributed by atoms with Crippen LogP contribution in [-0.4, -0.2) is 17.9 Å². The number of nitro benzene ring substituents is 1. The number of hydrogen-bond acceptors (Lipinski definition) is 4. The summed E-state index contributed by atoms with van der Waals surface area (Å²) >= 11 is 3.11. The number of ether oxygens (including phenoxy) is 1. The van der Waals surface area contributed by atoms with Gasteiger partial charge in [-0.15, -0.1) is 0 Å². The molecule has 0 radical (unpaired) electrons. The van der Waals surface area contributed by atoms with E-state index in [1.165, 1.54) is 25.3 Å². The summed E-state index contributed by atoms with van der Waals surface area (Å²) in [6.45, 7) is 6.20. The number of benzene rings is 2. The number of methoxy groups -OCH3 is 1. The zero-order chi connectivity index (χ0) is 18.8. The number of anilines is 1. The summed E-state index contributed by atoms with van der Waals surface area (Å²) in [4.78, 5) is 23.0. The lowest BCUT2D eigenvalue weighted by Gasteiger charge is -2.21. The van der Waals surface area contributed by atoms with Gasteiger partial charge >= 0.3 is 0 Å². The second kappa shape index (κ2) is 7.23. The average molecular weight is 407 g/mol. The molecule has 25 heavy (non-hydrogen) atoms. The minimum Gasteiger partial charge on any atom is -0.495 e. The van der Waals surface area contributed by atoms with Gasteiger partial charge in [-0.25, -0.2) is 0 Å². The Balaban J connectivity index is 2.37. The first kappa shape index (κ1) is 18.9. The van der Waals surface area contributed by atoms with Crippen LogP contribution < -0.4 is 10.1 Å². The molecule has 2 aromatic carbocycles. The van der Waals surface area contributed by atoms with Crippen LogP contribution in [0.1, 0.15) is 36.7 Å². The number of carbonyl (C=O) groups is 1. The molecule has 2 aromatic rings. The fourth-order valence-electron chi connectivity index (χ4n) is 2.26. The smallest absolute Gasteiger partial charge is 0.284 e. The zero-order valence-electron chi connectivity index (χ0n) is 14.4. The third-order valence-electron chi connectivity index (χ3n) is 3.72. The SMILES string of the molecule is COc1ccc(C(C)(C)C)cc1NC(=O)c1ccc(Br)c([N+](=O)[O-])c1. The fraction of sp³-hybridized carbons (Fsp3) is 0.278. The Morgan fingerprint density at radius 1 is 1.20 bits per heavy atom. The summed E-state index contributed by atoms with van der Waals surface area (Å²) in [5.41, 5.74) is 1.49. The maximum absolute atomic E-state index is 12.5. The number of nitrogens with one attached hydrogen (secondary N) is 1. The molecule has 0 saturated carbocycles. The van der Waals surface area contributed by atoms with E-state index in [9.17, 15) is 14.9 Å². The molecule has 132 valence electrons. The van der Waals surface area contributed by atoms with Crippen molar-refractivity contribution in [2.45, 2.75) is 26.2 Å². The predicted molar refractivity (Wildman–Crippen MR) is 100 cm³/mol. The van der Waals surface area contributed by atoms with Gasteiger partial charge in [-0.1, -0.05) is 26.8 Å². The summed E-state index contributed by atoms with van der Waals surface area (Å²) in [5.74, 6) is 0.0768. The van der Waals surface area contributed by atoms with Crippen molar-refractivity contribution in [2.24, 2.45) is 0 Å². The lowest BCUT2D eigenvalue weighted by molar-refractivity contribution is -0.385. The maximum atomic E-state index is 12.5. The van der Waals surface area contributed by atoms with E-state index in [0.717, 1.165) is 5.56 Å². The molecule has 6 nitrogen and oxygen atoms in total. The van der Waals surface area contributed by atoms with E-state index in [1.807, 2.05) is 12.1 Å². The van der Waals surface area contributed by atoms with E-state index in [4.69, 9.17) is 4.74 Å². The second-order valence-corrected chi connectivity index (χ2v) is 7.40. The molecule has 0 aliphatic carbocycles. The van der Waals surface area contributed by atoms with E-state index in [2.05, 4.69) is 42.0 Å². The van der Waals surface area contributed by atoms with Crippen molar-refractivity contribution < 1.29 is 14.5 Å². The van der Waals surface area contributed by atoms with Gasteiger partial charge < -0.3 is 10.1 Å². The number of hydrogen-bond donors (Lipinski definition) is 1. The molecule has 0 fully saturated rings. The second-order valence-electron chi connectivity index (χ2n) is 6.54. The highest BCUT2D eigenvalue weighted by molar-refractivity contribution is 9.10. The van der Waals surface area contributed by atoms with Crippen LogP contribution in [0.25, 0.3) is 0 Å². The first-order chi connectivity index (χ1) is 11.6. The molecule has 0 bridgehead atoms. The van der Waals surface area contributed by atoms with Crippen molar-refractivity contribution in [3.63, 3.8) is 0 Å². The van der Waals surface area contributed by atoms with E-state index < -0.39 is 10.8 Å². The number of carbonyl (C=O) groups excluding carboxylic acids is 1. The predicted octanol–water partition coefficient (Wildman–Crippen LogP) is 4.92. The van der Waals surface area contributed by atoms with Gasteiger partial charge in [0.1, 0.15) is 5.75 Å². The van der Waals surface area contributed by atoms with Gasteiger partial charge in [-0.2, -0.15) is 0 Å². The number of nitro groups is 1. The van der Waals surface area contributed by atoms with Crippen molar-refractivity contribution in [3.8, 4) is 5.75 Å². The molecule has 0 aromatic heterocycles. The molecule has 0 aliphatic rings. The van der Waals surface area contributed by atoms with Crippen LogP contribution >= 0.6 is 15.9 Å². The minimum atomic E-state index is -0.540. The summed E-state index contributed by atoms with van der Waals surface area (Å²) in [5, 5.41) is 13.8. The van der Waals surface area contributed by atoms with Crippen molar-refractivity contribution in [2.75, 3.05) is 12.4 Å². The Kier molecular flexibility index (Phi) is 5.47. The van der Waals surface area contributed by atoms with Gasteiger partial charge in [0, 0.05) is 11.6 Å². The molecule has 0 unspecified atom stereocenters. The van der Waals surface area contributed by atoms with Crippen LogP contribution in [0.4, 0.5) is 11.4 Å². The Hall–Kier alpha value is -2.41. The lowest BCUT2D eigenvalue weighted by Crippen LogP contribution is -2.15. The van der Waals surface area contributed by atoms with Crippen LogP contribution in [0.2, 0.25) is 0 Å². The van der Waals surface area contributed by atoms with Gasteiger partial charge in [0.25, 0.3) is 11.6 Å². The molecule has 2 rings (SSSR count). The molecule has 0 aliphatic heterocycles. The summed E-state index contributed by atoms with van der Waals surface area (Å²) in [6, 6.07) is 9.82. The van der Waals surface area contributed by atoms with Gasteiger partial charge in [-0.05, 0) is 51.2 Å². The monoisotopic (exact) mass is 406 g/mol. The quantitative estimate of drug-likeness (QED) is 0.577. The lowest BCUT2D eigenvalue weighted by atomic mass is 9.87. The van der Waals surface area contributed by atoms with Crippen LogP contribution in [0.5, 0.6) is 5.75 Å². The van der Waals surface area contributed by atoms with Crippen LogP contribution in [0, 0.1) is 10.1 Å². The van der Waals surface area contributed by atoms with Crippen molar-refractivity contribution in [3.05, 3.63) is 62.1 Å². The minimum absolute atomic E-state index is 0.0951. The third-order valence-corrected chi connectivity index (χ3v) is 4.39. The average Bonchev–Trinajstić information content (AvgIpc) is 2.54. The molecule has 0 atom stereocenters. The highest BCUT2D eigenvalue weighted by atomic mass is 79.9. The molecule has 0 spiro atoms. The van der Waals surface area contributed by atoms with Crippen LogP contribution in [0.15, 0.2) is 40.9 Å². The normalized spacial score (nSPS) is 11.1. The van der Waals surface area contributed by atoms with Crippen LogP contribution in [-0.2, 0) is 5.41 Å².